The van der Waals surface area contributed by atoms with E-state index in [0.717, 1.165) is 35.8 Å². The van der Waals surface area contributed by atoms with Crippen LogP contribution in [0.2, 0.25) is 0 Å². The van der Waals surface area contributed by atoms with Gasteiger partial charge in [0.05, 0.1) is 22.4 Å². The Bertz CT molecular complexity index is 490. The summed E-state index contributed by atoms with van der Waals surface area (Å²) in [4.78, 5) is 4.48. The zero-order valence-electron chi connectivity index (χ0n) is 10.8. The van der Waals surface area contributed by atoms with Crippen molar-refractivity contribution in [2.45, 2.75) is 39.3 Å². The van der Waals surface area contributed by atoms with Crippen LogP contribution >= 0.6 is 11.3 Å². The van der Waals surface area contributed by atoms with Crippen LogP contribution in [-0.4, -0.2) is 14.8 Å². The van der Waals surface area contributed by atoms with Crippen LogP contribution in [0.1, 0.15) is 35.8 Å². The highest BCUT2D eigenvalue weighted by Crippen LogP contribution is 2.19. The molecule has 0 saturated heterocycles. The number of thiazole rings is 1. The van der Waals surface area contributed by atoms with Gasteiger partial charge in [0.15, 0.2) is 0 Å². The zero-order valence-corrected chi connectivity index (χ0v) is 11.6. The van der Waals surface area contributed by atoms with Crippen molar-refractivity contribution in [3.05, 3.63) is 34.0 Å². The van der Waals surface area contributed by atoms with Crippen LogP contribution in [0.25, 0.3) is 0 Å². The fourth-order valence-electron chi connectivity index (χ4n) is 2.00. The summed E-state index contributed by atoms with van der Waals surface area (Å²) >= 11 is 1.67. The molecule has 6 heteroatoms. The van der Waals surface area contributed by atoms with E-state index in [1.54, 1.807) is 11.3 Å². The Labute approximate surface area is 111 Å². The van der Waals surface area contributed by atoms with Gasteiger partial charge in [0, 0.05) is 24.5 Å². The molecular formula is C12H19N5S. The number of nitrogens with one attached hydrogen (secondary N) is 1. The molecule has 2 heterocycles. The fraction of sp³-hybridized carbons (Fsp3) is 0.500. The molecule has 3 N–H and O–H groups in total. The fourth-order valence-corrected chi connectivity index (χ4v) is 2.62. The zero-order chi connectivity index (χ0) is 13.0. The highest BCUT2D eigenvalue weighted by atomic mass is 32.1. The summed E-state index contributed by atoms with van der Waals surface area (Å²) in [5, 5.41) is 7.49. The molecule has 1 unspecified atom stereocenters. The quantitative estimate of drug-likeness (QED) is 0.617. The molecule has 0 radical (unpaired) electrons. The van der Waals surface area contributed by atoms with Gasteiger partial charge in [-0.3, -0.25) is 16.0 Å². The number of rotatable bonds is 6. The molecule has 0 aliphatic rings. The highest BCUT2D eigenvalue weighted by molar-refractivity contribution is 7.09. The number of hydrogen-bond acceptors (Lipinski definition) is 5. The third-order valence-electron chi connectivity index (χ3n) is 2.82. The Balaban J connectivity index is 2.14. The van der Waals surface area contributed by atoms with Gasteiger partial charge in [0.25, 0.3) is 0 Å². The van der Waals surface area contributed by atoms with Crippen molar-refractivity contribution in [1.82, 2.24) is 20.2 Å². The molecule has 0 saturated carbocycles. The molecule has 0 aliphatic carbocycles. The van der Waals surface area contributed by atoms with Crippen molar-refractivity contribution in [2.75, 3.05) is 0 Å². The van der Waals surface area contributed by atoms with E-state index in [0.29, 0.717) is 0 Å². The van der Waals surface area contributed by atoms with Crippen LogP contribution in [0.3, 0.4) is 0 Å². The summed E-state index contributed by atoms with van der Waals surface area (Å²) in [6.07, 6.45) is 3.67. The standard InChI is InChI=1S/C12H19N5S/c1-3-6-17-12(4-5-14-17)11(16-13)7-10-8-18-9(2)15-10/h4-5,8,11,16H,3,6-7,13H2,1-2H3. The van der Waals surface area contributed by atoms with Crippen LogP contribution in [-0.2, 0) is 13.0 Å². The molecule has 0 amide bonds. The molecule has 2 aromatic heterocycles. The van der Waals surface area contributed by atoms with E-state index in [9.17, 15) is 0 Å². The monoisotopic (exact) mass is 265 g/mol. The van der Waals surface area contributed by atoms with E-state index < -0.39 is 0 Å². The SMILES string of the molecule is CCCn1nccc1C(Cc1csc(C)n1)NN. The average molecular weight is 265 g/mol. The van der Waals surface area contributed by atoms with E-state index in [1.165, 1.54) is 0 Å². The van der Waals surface area contributed by atoms with Crippen LogP contribution < -0.4 is 11.3 Å². The average Bonchev–Trinajstić information content (AvgIpc) is 2.96. The van der Waals surface area contributed by atoms with Crippen LogP contribution in [0.15, 0.2) is 17.6 Å². The topological polar surface area (TPSA) is 68.8 Å². The lowest BCUT2D eigenvalue weighted by Crippen LogP contribution is -2.31. The largest absolute Gasteiger partial charge is 0.271 e. The first-order chi connectivity index (χ1) is 8.74. The third kappa shape index (κ3) is 2.95. The van der Waals surface area contributed by atoms with Crippen LogP contribution in [0.4, 0.5) is 0 Å². The van der Waals surface area contributed by atoms with E-state index in [-0.39, 0.29) is 6.04 Å². The molecular weight excluding hydrogens is 246 g/mol. The van der Waals surface area contributed by atoms with Gasteiger partial charge in [-0.15, -0.1) is 11.3 Å². The van der Waals surface area contributed by atoms with Gasteiger partial charge in [0.1, 0.15) is 0 Å². The van der Waals surface area contributed by atoms with Gasteiger partial charge in [-0.05, 0) is 19.4 Å². The predicted octanol–water partition coefficient (Wildman–Crippen LogP) is 1.81. The van der Waals surface area contributed by atoms with Crippen LogP contribution in [0, 0.1) is 6.92 Å². The first kappa shape index (κ1) is 13.2. The van der Waals surface area contributed by atoms with Gasteiger partial charge in [-0.1, -0.05) is 6.92 Å². The number of aryl methyl sites for hydroxylation is 2. The lowest BCUT2D eigenvalue weighted by Gasteiger charge is -2.16. The lowest BCUT2D eigenvalue weighted by atomic mass is 10.1. The third-order valence-corrected chi connectivity index (χ3v) is 3.65. The minimum atomic E-state index is 0.0561. The molecule has 18 heavy (non-hydrogen) atoms. The molecule has 0 spiro atoms. The van der Waals surface area contributed by atoms with Gasteiger partial charge in [-0.25, -0.2) is 4.98 Å². The molecule has 0 aliphatic heterocycles. The number of hydrogen-bond donors (Lipinski definition) is 2. The number of nitrogens with zero attached hydrogens (tertiary/aromatic N) is 3. The van der Waals surface area contributed by atoms with Crippen molar-refractivity contribution >= 4 is 11.3 Å². The second-order valence-corrected chi connectivity index (χ2v) is 5.32. The first-order valence-corrected chi connectivity index (χ1v) is 7.01. The number of hydrazine groups is 1. The van der Waals surface area contributed by atoms with Gasteiger partial charge in [-0.2, -0.15) is 5.10 Å². The molecule has 5 nitrogen and oxygen atoms in total. The van der Waals surface area contributed by atoms with Gasteiger partial charge >= 0.3 is 0 Å². The van der Waals surface area contributed by atoms with Crippen molar-refractivity contribution < 1.29 is 0 Å². The van der Waals surface area contributed by atoms with Crippen molar-refractivity contribution in [2.24, 2.45) is 5.84 Å². The minimum absolute atomic E-state index is 0.0561. The Morgan fingerprint density at radius 1 is 1.56 bits per heavy atom. The lowest BCUT2D eigenvalue weighted by molar-refractivity contribution is 0.475. The van der Waals surface area contributed by atoms with E-state index in [4.69, 9.17) is 5.84 Å². The van der Waals surface area contributed by atoms with E-state index >= 15 is 0 Å². The smallest absolute Gasteiger partial charge is 0.0897 e. The van der Waals surface area contributed by atoms with Crippen LogP contribution in [0.5, 0.6) is 0 Å². The maximum absolute atomic E-state index is 5.67. The molecule has 0 bridgehead atoms. The minimum Gasteiger partial charge on any atom is -0.271 e. The maximum atomic E-state index is 5.67. The Hall–Kier alpha value is -1.24. The van der Waals surface area contributed by atoms with Crippen molar-refractivity contribution in [1.29, 1.82) is 0 Å². The van der Waals surface area contributed by atoms with Gasteiger partial charge in [0.2, 0.25) is 0 Å². The summed E-state index contributed by atoms with van der Waals surface area (Å²) in [7, 11) is 0. The maximum Gasteiger partial charge on any atom is 0.0897 e. The summed E-state index contributed by atoms with van der Waals surface area (Å²) in [5.41, 5.74) is 5.05. The summed E-state index contributed by atoms with van der Waals surface area (Å²) in [6, 6.07) is 2.07. The first-order valence-electron chi connectivity index (χ1n) is 6.13. The second kappa shape index (κ2) is 6.08. The molecule has 2 rings (SSSR count). The molecule has 2 aromatic rings. The van der Waals surface area contributed by atoms with Gasteiger partial charge < -0.3 is 0 Å². The Kier molecular flexibility index (Phi) is 4.46. The van der Waals surface area contributed by atoms with Crippen molar-refractivity contribution in [3.63, 3.8) is 0 Å². The number of nitrogens with two attached hydrogens (primary N) is 1. The number of aromatic nitrogens is 3. The highest BCUT2D eigenvalue weighted by Gasteiger charge is 2.16. The molecule has 0 fully saturated rings. The second-order valence-electron chi connectivity index (χ2n) is 4.26. The van der Waals surface area contributed by atoms with E-state index in [2.05, 4.69) is 27.8 Å². The Morgan fingerprint density at radius 3 is 3.00 bits per heavy atom. The molecule has 1 atom stereocenters. The molecule has 98 valence electrons. The molecule has 0 aromatic carbocycles. The summed E-state index contributed by atoms with van der Waals surface area (Å²) in [5.74, 6) is 5.67. The normalized spacial score (nSPS) is 12.8. The summed E-state index contributed by atoms with van der Waals surface area (Å²) in [6.45, 7) is 5.07. The Morgan fingerprint density at radius 2 is 2.39 bits per heavy atom. The van der Waals surface area contributed by atoms with E-state index in [1.807, 2.05) is 23.9 Å². The predicted molar refractivity (Wildman–Crippen MR) is 73.1 cm³/mol. The van der Waals surface area contributed by atoms with Crippen molar-refractivity contribution in [3.8, 4) is 0 Å². The summed E-state index contributed by atoms with van der Waals surface area (Å²) < 4.78 is 2.00.